The fourth-order valence-corrected chi connectivity index (χ4v) is 3.54. The van der Waals surface area contributed by atoms with Crippen LogP contribution in [0.5, 0.6) is 0 Å². The van der Waals surface area contributed by atoms with Crippen LogP contribution in [0.3, 0.4) is 0 Å². The van der Waals surface area contributed by atoms with Crippen LogP contribution in [0.2, 0.25) is 0 Å². The minimum atomic E-state index is 0.0620. The highest BCUT2D eigenvalue weighted by molar-refractivity contribution is 5.63. The Morgan fingerprint density at radius 2 is 1.62 bits per heavy atom. The summed E-state index contributed by atoms with van der Waals surface area (Å²) < 4.78 is 17.1. The molecule has 2 aliphatic rings. The zero-order valence-corrected chi connectivity index (χ0v) is 13.9. The normalized spacial score (nSPS) is 28.9. The van der Waals surface area contributed by atoms with E-state index in [1.165, 1.54) is 16.7 Å². The predicted octanol–water partition coefficient (Wildman–Crippen LogP) is 2.62. The van der Waals surface area contributed by atoms with Gasteiger partial charge in [0.25, 0.3) is 0 Å². The highest BCUT2D eigenvalue weighted by Crippen LogP contribution is 2.28. The first kappa shape index (κ1) is 15.8. The standard InChI is InChI=1S/C20H23NO3/c1-22-18-13-24-19-17(12-23-20(18)19)21-11-14-7-9-16(10-8-14)15-5-3-2-4-6-15/h2-10,17-21H,11-13H2,1H3. The summed E-state index contributed by atoms with van der Waals surface area (Å²) in [4.78, 5) is 0. The van der Waals surface area contributed by atoms with Crippen molar-refractivity contribution in [1.82, 2.24) is 5.32 Å². The number of nitrogens with one attached hydrogen (secondary N) is 1. The molecular formula is C20H23NO3. The number of ether oxygens (including phenoxy) is 3. The van der Waals surface area contributed by atoms with Gasteiger partial charge in [-0.25, -0.2) is 0 Å². The fourth-order valence-electron chi connectivity index (χ4n) is 3.54. The summed E-state index contributed by atoms with van der Waals surface area (Å²) >= 11 is 0. The molecule has 0 radical (unpaired) electrons. The van der Waals surface area contributed by atoms with Gasteiger partial charge in [-0.3, -0.25) is 0 Å². The van der Waals surface area contributed by atoms with Gasteiger partial charge >= 0.3 is 0 Å². The molecule has 2 saturated heterocycles. The molecule has 0 bridgehead atoms. The monoisotopic (exact) mass is 325 g/mol. The molecule has 1 N–H and O–H groups in total. The van der Waals surface area contributed by atoms with E-state index in [1.54, 1.807) is 7.11 Å². The molecule has 4 atom stereocenters. The lowest BCUT2D eigenvalue weighted by atomic mass is 10.0. The van der Waals surface area contributed by atoms with E-state index in [1.807, 2.05) is 6.07 Å². The van der Waals surface area contributed by atoms with Gasteiger partial charge in [-0.1, -0.05) is 54.6 Å². The van der Waals surface area contributed by atoms with Gasteiger partial charge in [0.15, 0.2) is 0 Å². The van der Waals surface area contributed by atoms with E-state index in [4.69, 9.17) is 14.2 Å². The summed E-state index contributed by atoms with van der Waals surface area (Å²) in [6.07, 6.45) is 0.221. The minimum absolute atomic E-state index is 0.0620. The molecule has 2 aromatic carbocycles. The number of hydrogen-bond acceptors (Lipinski definition) is 4. The Kier molecular flexibility index (Phi) is 4.63. The second-order valence-corrected chi connectivity index (χ2v) is 6.42. The first-order valence-electron chi connectivity index (χ1n) is 8.49. The third kappa shape index (κ3) is 3.10. The molecule has 2 fully saturated rings. The summed E-state index contributed by atoms with van der Waals surface area (Å²) in [5, 5.41) is 3.57. The van der Waals surface area contributed by atoms with Crippen molar-refractivity contribution in [3.63, 3.8) is 0 Å². The quantitative estimate of drug-likeness (QED) is 0.917. The van der Waals surface area contributed by atoms with Crippen LogP contribution in [0.15, 0.2) is 54.6 Å². The SMILES string of the molecule is COC1COC2C(NCc3ccc(-c4ccccc4)cc3)COC12. The van der Waals surface area contributed by atoms with E-state index in [2.05, 4.69) is 53.8 Å². The van der Waals surface area contributed by atoms with Crippen LogP contribution in [0.4, 0.5) is 0 Å². The summed E-state index contributed by atoms with van der Waals surface area (Å²) in [6, 6.07) is 19.4. The van der Waals surface area contributed by atoms with Gasteiger partial charge in [0.2, 0.25) is 0 Å². The lowest BCUT2D eigenvalue weighted by Crippen LogP contribution is -2.40. The molecular weight excluding hydrogens is 302 g/mol. The van der Waals surface area contributed by atoms with Gasteiger partial charge in [-0.2, -0.15) is 0 Å². The van der Waals surface area contributed by atoms with Crippen LogP contribution in [0, 0.1) is 0 Å². The maximum absolute atomic E-state index is 5.85. The zero-order chi connectivity index (χ0) is 16.4. The molecule has 4 unspecified atom stereocenters. The molecule has 0 aliphatic carbocycles. The number of rotatable bonds is 5. The van der Waals surface area contributed by atoms with E-state index in [9.17, 15) is 0 Å². The first-order chi connectivity index (χ1) is 11.8. The Balaban J connectivity index is 1.35. The third-order valence-corrected chi connectivity index (χ3v) is 4.94. The van der Waals surface area contributed by atoms with Crippen molar-refractivity contribution in [2.75, 3.05) is 20.3 Å². The van der Waals surface area contributed by atoms with Crippen LogP contribution in [-0.2, 0) is 20.8 Å². The second-order valence-electron chi connectivity index (χ2n) is 6.42. The van der Waals surface area contributed by atoms with Crippen molar-refractivity contribution >= 4 is 0 Å². The Labute approximate surface area is 142 Å². The van der Waals surface area contributed by atoms with Crippen molar-refractivity contribution in [3.05, 3.63) is 60.2 Å². The highest BCUT2D eigenvalue weighted by atomic mass is 16.6. The van der Waals surface area contributed by atoms with E-state index in [0.717, 1.165) is 6.54 Å². The highest BCUT2D eigenvalue weighted by Gasteiger charge is 2.47. The molecule has 2 aromatic rings. The molecule has 0 spiro atoms. The Hall–Kier alpha value is -1.72. The van der Waals surface area contributed by atoms with Gasteiger partial charge in [-0.15, -0.1) is 0 Å². The summed E-state index contributed by atoms with van der Waals surface area (Å²) in [7, 11) is 1.72. The summed E-state index contributed by atoms with van der Waals surface area (Å²) in [5.41, 5.74) is 3.75. The molecule has 4 nitrogen and oxygen atoms in total. The average molecular weight is 325 g/mol. The van der Waals surface area contributed by atoms with Gasteiger partial charge < -0.3 is 19.5 Å². The number of methoxy groups -OCH3 is 1. The lowest BCUT2D eigenvalue weighted by Gasteiger charge is -2.17. The predicted molar refractivity (Wildman–Crippen MR) is 92.8 cm³/mol. The number of fused-ring (bicyclic) bond motifs is 1. The van der Waals surface area contributed by atoms with Gasteiger partial charge in [0, 0.05) is 13.7 Å². The Bertz CT molecular complexity index is 658. The third-order valence-electron chi connectivity index (χ3n) is 4.94. The average Bonchev–Trinajstić information content (AvgIpc) is 3.23. The molecule has 0 amide bonds. The van der Waals surface area contributed by atoms with E-state index in [-0.39, 0.29) is 24.4 Å². The molecule has 4 heteroatoms. The van der Waals surface area contributed by atoms with Crippen LogP contribution < -0.4 is 5.32 Å². The van der Waals surface area contributed by atoms with Crippen molar-refractivity contribution in [1.29, 1.82) is 0 Å². The number of hydrogen-bond donors (Lipinski definition) is 1. The van der Waals surface area contributed by atoms with Crippen molar-refractivity contribution in [3.8, 4) is 11.1 Å². The van der Waals surface area contributed by atoms with Crippen LogP contribution in [0.1, 0.15) is 5.56 Å². The van der Waals surface area contributed by atoms with Crippen molar-refractivity contribution in [2.45, 2.75) is 30.9 Å². The van der Waals surface area contributed by atoms with Gasteiger partial charge in [0.1, 0.15) is 18.3 Å². The van der Waals surface area contributed by atoms with Gasteiger partial charge in [0.05, 0.1) is 19.3 Å². The zero-order valence-electron chi connectivity index (χ0n) is 13.9. The largest absolute Gasteiger partial charge is 0.376 e. The van der Waals surface area contributed by atoms with Crippen molar-refractivity contribution in [2.24, 2.45) is 0 Å². The van der Waals surface area contributed by atoms with E-state index >= 15 is 0 Å². The van der Waals surface area contributed by atoms with Crippen LogP contribution in [-0.4, -0.2) is 44.7 Å². The van der Waals surface area contributed by atoms with Crippen LogP contribution in [0.25, 0.3) is 11.1 Å². The smallest absolute Gasteiger partial charge is 0.114 e. The lowest BCUT2D eigenvalue weighted by molar-refractivity contribution is -0.00824. The van der Waals surface area contributed by atoms with Gasteiger partial charge in [-0.05, 0) is 16.7 Å². The van der Waals surface area contributed by atoms with Crippen LogP contribution >= 0.6 is 0 Å². The first-order valence-corrected chi connectivity index (χ1v) is 8.49. The van der Waals surface area contributed by atoms with Crippen molar-refractivity contribution < 1.29 is 14.2 Å². The second kappa shape index (κ2) is 7.03. The summed E-state index contributed by atoms with van der Waals surface area (Å²) in [5.74, 6) is 0. The Morgan fingerprint density at radius 1 is 0.917 bits per heavy atom. The summed E-state index contributed by atoms with van der Waals surface area (Å²) in [6.45, 7) is 2.11. The van der Waals surface area contributed by atoms with E-state index < -0.39 is 0 Å². The molecule has 0 aromatic heterocycles. The molecule has 4 rings (SSSR count). The topological polar surface area (TPSA) is 39.7 Å². The number of benzene rings is 2. The molecule has 2 aliphatic heterocycles. The molecule has 2 heterocycles. The Morgan fingerprint density at radius 3 is 2.38 bits per heavy atom. The maximum Gasteiger partial charge on any atom is 0.114 e. The molecule has 24 heavy (non-hydrogen) atoms. The minimum Gasteiger partial charge on any atom is -0.376 e. The molecule has 126 valence electrons. The maximum atomic E-state index is 5.85. The molecule has 0 saturated carbocycles. The van der Waals surface area contributed by atoms with E-state index in [0.29, 0.717) is 13.2 Å². The fraction of sp³-hybridized carbons (Fsp3) is 0.400.